The van der Waals surface area contributed by atoms with Gasteiger partial charge in [-0.15, -0.1) is 11.3 Å². The molecule has 0 aliphatic carbocycles. The molecule has 136 valence electrons. The van der Waals surface area contributed by atoms with Crippen molar-refractivity contribution in [3.05, 3.63) is 38.7 Å². The van der Waals surface area contributed by atoms with Crippen molar-refractivity contribution >= 4 is 17.2 Å². The molecule has 1 aliphatic heterocycles. The molecule has 0 unspecified atom stereocenters. The summed E-state index contributed by atoms with van der Waals surface area (Å²) >= 11 is 1.61. The molecule has 0 radical (unpaired) electrons. The summed E-state index contributed by atoms with van der Waals surface area (Å²) in [6, 6.07) is 3.95. The van der Waals surface area contributed by atoms with E-state index < -0.39 is 0 Å². The number of rotatable bonds is 6. The van der Waals surface area contributed by atoms with Crippen molar-refractivity contribution < 1.29 is 9.53 Å². The van der Waals surface area contributed by atoms with Gasteiger partial charge in [-0.05, 0) is 30.7 Å². The van der Waals surface area contributed by atoms with Gasteiger partial charge in [0, 0.05) is 25.1 Å². The molecule has 0 bridgehead atoms. The zero-order valence-electron chi connectivity index (χ0n) is 14.8. The van der Waals surface area contributed by atoms with Crippen LogP contribution >= 0.6 is 11.3 Å². The van der Waals surface area contributed by atoms with Crippen molar-refractivity contribution in [2.45, 2.75) is 46.0 Å². The van der Waals surface area contributed by atoms with Gasteiger partial charge in [0.05, 0.1) is 6.54 Å². The summed E-state index contributed by atoms with van der Waals surface area (Å²) in [5.74, 6) is 0.812. The standard InChI is InChI=1S/C17H24N4O3S/c1-4-20-16(15-12(2)7-8-24-15)18-21(17(20)23)11-14(22)19(3)10-13-6-5-9-25-13/h5-6,9,12,15H,4,7-8,10-11H2,1-3H3/t12-,15+/m1/s1. The minimum Gasteiger partial charge on any atom is -0.370 e. The van der Waals surface area contributed by atoms with Gasteiger partial charge in [0.2, 0.25) is 5.91 Å². The normalized spacial score (nSPS) is 20.1. The molecule has 8 heteroatoms. The van der Waals surface area contributed by atoms with E-state index in [-0.39, 0.29) is 24.2 Å². The van der Waals surface area contributed by atoms with Gasteiger partial charge in [-0.3, -0.25) is 9.36 Å². The molecule has 25 heavy (non-hydrogen) atoms. The Labute approximate surface area is 150 Å². The van der Waals surface area contributed by atoms with Crippen molar-refractivity contribution in [2.75, 3.05) is 13.7 Å². The second-order valence-corrected chi connectivity index (χ2v) is 7.46. The van der Waals surface area contributed by atoms with E-state index in [4.69, 9.17) is 4.74 Å². The number of thiophene rings is 1. The maximum atomic E-state index is 12.6. The number of ether oxygens (including phenoxy) is 1. The highest BCUT2D eigenvalue weighted by molar-refractivity contribution is 7.09. The van der Waals surface area contributed by atoms with Gasteiger partial charge in [-0.25, -0.2) is 9.48 Å². The minimum absolute atomic E-state index is 0.0538. The van der Waals surface area contributed by atoms with Gasteiger partial charge >= 0.3 is 5.69 Å². The minimum atomic E-state index is -0.252. The number of hydrogen-bond acceptors (Lipinski definition) is 5. The number of aromatic nitrogens is 3. The summed E-state index contributed by atoms with van der Waals surface area (Å²) in [5, 5.41) is 6.41. The Kier molecular flexibility index (Phi) is 5.39. The maximum absolute atomic E-state index is 12.6. The maximum Gasteiger partial charge on any atom is 0.346 e. The van der Waals surface area contributed by atoms with Crippen LogP contribution in [0.15, 0.2) is 22.3 Å². The average molecular weight is 364 g/mol. The number of carbonyl (C=O) groups is 1. The van der Waals surface area contributed by atoms with E-state index in [0.29, 0.717) is 31.4 Å². The van der Waals surface area contributed by atoms with Crippen molar-refractivity contribution in [3.63, 3.8) is 0 Å². The molecular formula is C17H24N4O3S. The molecule has 2 aromatic rings. The molecule has 1 amide bonds. The molecule has 1 aliphatic rings. The van der Waals surface area contributed by atoms with Gasteiger partial charge in [0.25, 0.3) is 0 Å². The lowest BCUT2D eigenvalue weighted by molar-refractivity contribution is -0.131. The van der Waals surface area contributed by atoms with Gasteiger partial charge in [-0.1, -0.05) is 13.0 Å². The molecule has 0 aromatic carbocycles. The third kappa shape index (κ3) is 3.69. The lowest BCUT2D eigenvalue weighted by Gasteiger charge is -2.15. The molecule has 0 saturated carbocycles. The summed E-state index contributed by atoms with van der Waals surface area (Å²) in [7, 11) is 1.74. The van der Waals surface area contributed by atoms with Crippen LogP contribution in [-0.4, -0.2) is 38.8 Å². The molecule has 3 heterocycles. The smallest absolute Gasteiger partial charge is 0.346 e. The fourth-order valence-corrected chi connectivity index (χ4v) is 3.82. The van der Waals surface area contributed by atoms with Crippen molar-refractivity contribution in [1.82, 2.24) is 19.2 Å². The van der Waals surface area contributed by atoms with Crippen LogP contribution in [0.5, 0.6) is 0 Å². The summed E-state index contributed by atoms with van der Waals surface area (Å²) < 4.78 is 8.63. The highest BCUT2D eigenvalue weighted by Gasteiger charge is 2.31. The second-order valence-electron chi connectivity index (χ2n) is 6.43. The first kappa shape index (κ1) is 17.9. The number of hydrogen-bond donors (Lipinski definition) is 0. The van der Waals surface area contributed by atoms with Crippen LogP contribution in [0.2, 0.25) is 0 Å². The van der Waals surface area contributed by atoms with Crippen molar-refractivity contribution in [2.24, 2.45) is 5.92 Å². The van der Waals surface area contributed by atoms with Crippen LogP contribution in [-0.2, 0) is 29.2 Å². The van der Waals surface area contributed by atoms with Crippen LogP contribution in [0.1, 0.15) is 37.1 Å². The van der Waals surface area contributed by atoms with E-state index in [1.807, 2.05) is 24.4 Å². The van der Waals surface area contributed by atoms with Crippen LogP contribution < -0.4 is 5.69 Å². The lowest BCUT2D eigenvalue weighted by Crippen LogP contribution is -2.34. The Morgan fingerprint density at radius 3 is 2.92 bits per heavy atom. The van der Waals surface area contributed by atoms with Crippen molar-refractivity contribution in [3.8, 4) is 0 Å². The Morgan fingerprint density at radius 1 is 1.52 bits per heavy atom. The van der Waals surface area contributed by atoms with Crippen LogP contribution in [0.4, 0.5) is 0 Å². The van der Waals surface area contributed by atoms with E-state index in [2.05, 4.69) is 12.0 Å². The highest BCUT2D eigenvalue weighted by Crippen LogP contribution is 2.32. The Bertz CT molecular complexity index is 780. The number of carbonyl (C=O) groups excluding carboxylic acids is 1. The Hall–Kier alpha value is -1.93. The summed E-state index contributed by atoms with van der Waals surface area (Å²) in [6.07, 6.45) is 0.783. The Morgan fingerprint density at radius 2 is 2.32 bits per heavy atom. The van der Waals surface area contributed by atoms with Crippen molar-refractivity contribution in [1.29, 1.82) is 0 Å². The van der Waals surface area contributed by atoms with Crippen LogP contribution in [0.25, 0.3) is 0 Å². The topological polar surface area (TPSA) is 69.4 Å². The monoisotopic (exact) mass is 364 g/mol. The predicted molar refractivity (Wildman–Crippen MR) is 95.4 cm³/mol. The Balaban J connectivity index is 1.77. The van der Waals surface area contributed by atoms with Gasteiger partial charge in [-0.2, -0.15) is 5.10 Å². The molecular weight excluding hydrogens is 340 g/mol. The number of amides is 1. The fraction of sp³-hybridized carbons (Fsp3) is 0.588. The van der Waals surface area contributed by atoms with E-state index in [9.17, 15) is 9.59 Å². The third-order valence-corrected chi connectivity index (χ3v) is 5.45. The molecule has 1 fully saturated rings. The second kappa shape index (κ2) is 7.53. The summed E-state index contributed by atoms with van der Waals surface area (Å²) in [4.78, 5) is 27.8. The largest absolute Gasteiger partial charge is 0.370 e. The molecule has 0 spiro atoms. The zero-order valence-corrected chi connectivity index (χ0v) is 15.7. The SMILES string of the molecule is CCn1c([C@H]2OCC[C@H]2C)nn(CC(=O)N(C)Cc2cccs2)c1=O. The zero-order chi connectivity index (χ0) is 18.0. The molecule has 7 nitrogen and oxygen atoms in total. The van der Waals surface area contributed by atoms with Crippen LogP contribution in [0.3, 0.4) is 0 Å². The van der Waals surface area contributed by atoms with Gasteiger partial charge in [0.15, 0.2) is 5.82 Å². The molecule has 1 saturated heterocycles. The summed E-state index contributed by atoms with van der Waals surface area (Å²) in [6.45, 7) is 5.68. The van der Waals surface area contributed by atoms with E-state index >= 15 is 0 Å². The average Bonchev–Trinajstić information content (AvgIpc) is 3.29. The number of nitrogens with zero attached hydrogens (tertiary/aromatic N) is 4. The molecule has 2 aromatic heterocycles. The fourth-order valence-electron chi connectivity index (χ4n) is 3.07. The first-order valence-electron chi connectivity index (χ1n) is 8.56. The number of likely N-dealkylation sites (N-methyl/N-ethyl adjacent to an activating group) is 1. The van der Waals surface area contributed by atoms with Gasteiger partial charge in [0.1, 0.15) is 12.6 Å². The van der Waals surface area contributed by atoms with E-state index in [1.165, 1.54) is 4.68 Å². The molecule has 3 rings (SSSR count). The van der Waals surface area contributed by atoms with E-state index in [1.54, 1.807) is 27.9 Å². The third-order valence-electron chi connectivity index (χ3n) is 4.59. The highest BCUT2D eigenvalue weighted by atomic mass is 32.1. The first-order chi connectivity index (χ1) is 12.0. The lowest BCUT2D eigenvalue weighted by atomic mass is 10.0. The summed E-state index contributed by atoms with van der Waals surface area (Å²) in [5.41, 5.74) is -0.252. The quantitative estimate of drug-likeness (QED) is 0.785. The van der Waals surface area contributed by atoms with Gasteiger partial charge < -0.3 is 9.64 Å². The molecule has 0 N–H and O–H groups in total. The first-order valence-corrected chi connectivity index (χ1v) is 9.44. The van der Waals surface area contributed by atoms with E-state index in [0.717, 1.165) is 11.3 Å². The molecule has 2 atom stereocenters. The predicted octanol–water partition coefficient (Wildman–Crippen LogP) is 1.88. The van der Waals surface area contributed by atoms with Crippen LogP contribution in [0, 0.1) is 5.92 Å².